The summed E-state index contributed by atoms with van der Waals surface area (Å²) in [5, 5.41) is 3.79. The number of nitrogens with one attached hydrogen (secondary N) is 1. The Morgan fingerprint density at radius 1 is 1.03 bits per heavy atom. The lowest BCUT2D eigenvalue weighted by Crippen LogP contribution is -2.36. The number of para-hydroxylation sites is 1. The Labute approximate surface area is 169 Å². The number of hydrogen-bond donors (Lipinski definition) is 1. The summed E-state index contributed by atoms with van der Waals surface area (Å²) in [5.41, 5.74) is 2.15. The molecule has 0 spiro atoms. The standard InChI is InChI=1S/C22H23N3O4/c1-15(26)25(13-16-9-10-19(28-2)20(12-16)29-3)14-21(27)24-18-8-4-6-17-7-5-11-23-22(17)18/h4-12H,13-14H2,1-3H3,(H,24,27). The van der Waals surface area contributed by atoms with Crippen LogP contribution in [0.1, 0.15) is 12.5 Å². The maximum atomic E-state index is 12.6. The third kappa shape index (κ3) is 4.82. The van der Waals surface area contributed by atoms with Gasteiger partial charge < -0.3 is 19.7 Å². The van der Waals surface area contributed by atoms with E-state index in [1.165, 1.54) is 11.8 Å². The fraction of sp³-hybridized carbons (Fsp3) is 0.227. The van der Waals surface area contributed by atoms with Crippen molar-refractivity contribution >= 4 is 28.4 Å². The molecule has 0 radical (unpaired) electrons. The Kier molecular flexibility index (Phi) is 6.29. The first-order valence-electron chi connectivity index (χ1n) is 9.12. The largest absolute Gasteiger partial charge is 0.493 e. The van der Waals surface area contributed by atoms with E-state index in [9.17, 15) is 9.59 Å². The minimum atomic E-state index is -0.293. The zero-order chi connectivity index (χ0) is 20.8. The van der Waals surface area contributed by atoms with Crippen LogP contribution in [0.2, 0.25) is 0 Å². The molecule has 7 nitrogen and oxygen atoms in total. The predicted molar refractivity (Wildman–Crippen MR) is 111 cm³/mol. The van der Waals surface area contributed by atoms with Crippen molar-refractivity contribution < 1.29 is 19.1 Å². The van der Waals surface area contributed by atoms with Gasteiger partial charge in [-0.1, -0.05) is 24.3 Å². The van der Waals surface area contributed by atoms with Crippen molar-refractivity contribution in [2.45, 2.75) is 13.5 Å². The molecule has 29 heavy (non-hydrogen) atoms. The number of fused-ring (bicyclic) bond motifs is 1. The van der Waals surface area contributed by atoms with E-state index in [0.717, 1.165) is 10.9 Å². The van der Waals surface area contributed by atoms with Crippen LogP contribution in [0.5, 0.6) is 11.5 Å². The Hall–Kier alpha value is -3.61. The van der Waals surface area contributed by atoms with Gasteiger partial charge in [-0.3, -0.25) is 14.6 Å². The lowest BCUT2D eigenvalue weighted by atomic mass is 10.1. The maximum Gasteiger partial charge on any atom is 0.244 e. The quantitative estimate of drug-likeness (QED) is 0.667. The van der Waals surface area contributed by atoms with E-state index in [4.69, 9.17) is 9.47 Å². The summed E-state index contributed by atoms with van der Waals surface area (Å²) in [5.74, 6) is 0.677. The number of carbonyl (C=O) groups is 2. The third-order valence-corrected chi connectivity index (χ3v) is 4.51. The monoisotopic (exact) mass is 393 g/mol. The molecule has 1 aromatic heterocycles. The Balaban J connectivity index is 1.73. The van der Waals surface area contributed by atoms with E-state index in [1.807, 2.05) is 30.3 Å². The summed E-state index contributed by atoms with van der Waals surface area (Å²) >= 11 is 0. The maximum absolute atomic E-state index is 12.6. The number of nitrogens with zero attached hydrogens (tertiary/aromatic N) is 2. The number of aromatic nitrogens is 1. The number of amides is 2. The van der Waals surface area contributed by atoms with Crippen molar-refractivity contribution in [3.05, 3.63) is 60.3 Å². The molecule has 7 heteroatoms. The first-order valence-corrected chi connectivity index (χ1v) is 9.12. The summed E-state index contributed by atoms with van der Waals surface area (Å²) in [6.45, 7) is 1.64. The Bertz CT molecular complexity index is 1030. The van der Waals surface area contributed by atoms with Crippen molar-refractivity contribution in [3.8, 4) is 11.5 Å². The molecule has 1 N–H and O–H groups in total. The minimum absolute atomic E-state index is 0.0765. The van der Waals surface area contributed by atoms with Gasteiger partial charge in [0, 0.05) is 25.1 Å². The first-order chi connectivity index (χ1) is 14.0. The lowest BCUT2D eigenvalue weighted by molar-refractivity contribution is -0.133. The SMILES string of the molecule is COc1ccc(CN(CC(=O)Nc2cccc3cccnc23)C(C)=O)cc1OC. The second kappa shape index (κ2) is 9.05. The van der Waals surface area contributed by atoms with E-state index in [0.29, 0.717) is 22.7 Å². The van der Waals surface area contributed by atoms with Gasteiger partial charge in [-0.15, -0.1) is 0 Å². The average Bonchev–Trinajstić information content (AvgIpc) is 2.73. The van der Waals surface area contributed by atoms with Gasteiger partial charge in [0.15, 0.2) is 11.5 Å². The second-order valence-corrected chi connectivity index (χ2v) is 6.49. The molecule has 0 atom stereocenters. The van der Waals surface area contributed by atoms with Gasteiger partial charge in [0.2, 0.25) is 11.8 Å². The molecular formula is C22H23N3O4. The van der Waals surface area contributed by atoms with Gasteiger partial charge in [-0.25, -0.2) is 0 Å². The van der Waals surface area contributed by atoms with Crippen LogP contribution in [0.3, 0.4) is 0 Å². The predicted octanol–water partition coefficient (Wildman–Crippen LogP) is 3.24. The average molecular weight is 393 g/mol. The molecule has 0 fully saturated rings. The van der Waals surface area contributed by atoms with E-state index >= 15 is 0 Å². The molecule has 3 rings (SSSR count). The van der Waals surface area contributed by atoms with Crippen LogP contribution in [-0.2, 0) is 16.1 Å². The summed E-state index contributed by atoms with van der Waals surface area (Å²) < 4.78 is 10.5. The molecule has 0 aliphatic heterocycles. The molecular weight excluding hydrogens is 370 g/mol. The molecule has 0 unspecified atom stereocenters. The highest BCUT2D eigenvalue weighted by Crippen LogP contribution is 2.28. The van der Waals surface area contributed by atoms with Crippen LogP contribution in [0.4, 0.5) is 5.69 Å². The molecule has 3 aromatic rings. The fourth-order valence-electron chi connectivity index (χ4n) is 3.05. The number of rotatable bonds is 7. The van der Waals surface area contributed by atoms with E-state index < -0.39 is 0 Å². The highest BCUT2D eigenvalue weighted by Gasteiger charge is 2.16. The zero-order valence-electron chi connectivity index (χ0n) is 16.6. The molecule has 2 amide bonds. The van der Waals surface area contributed by atoms with Crippen LogP contribution in [0.15, 0.2) is 54.7 Å². The van der Waals surface area contributed by atoms with Gasteiger partial charge in [-0.05, 0) is 29.8 Å². The molecule has 0 aliphatic carbocycles. The van der Waals surface area contributed by atoms with Gasteiger partial charge in [-0.2, -0.15) is 0 Å². The number of methoxy groups -OCH3 is 2. The topological polar surface area (TPSA) is 80.8 Å². The zero-order valence-corrected chi connectivity index (χ0v) is 16.6. The number of anilines is 1. The van der Waals surface area contributed by atoms with Crippen molar-refractivity contribution in [3.63, 3.8) is 0 Å². The van der Waals surface area contributed by atoms with E-state index in [1.54, 1.807) is 38.6 Å². The minimum Gasteiger partial charge on any atom is -0.493 e. The lowest BCUT2D eigenvalue weighted by Gasteiger charge is -2.21. The number of carbonyl (C=O) groups excluding carboxylic acids is 2. The Morgan fingerprint density at radius 3 is 2.52 bits per heavy atom. The summed E-state index contributed by atoms with van der Waals surface area (Å²) in [7, 11) is 3.11. The molecule has 150 valence electrons. The Morgan fingerprint density at radius 2 is 1.79 bits per heavy atom. The van der Waals surface area contributed by atoms with Crippen LogP contribution < -0.4 is 14.8 Å². The van der Waals surface area contributed by atoms with Gasteiger partial charge >= 0.3 is 0 Å². The van der Waals surface area contributed by atoms with Crippen LogP contribution in [-0.4, -0.2) is 42.5 Å². The van der Waals surface area contributed by atoms with Gasteiger partial charge in [0.1, 0.15) is 6.54 Å². The summed E-state index contributed by atoms with van der Waals surface area (Å²) in [6.07, 6.45) is 1.68. The molecule has 0 saturated heterocycles. The van der Waals surface area contributed by atoms with Gasteiger partial charge in [0.05, 0.1) is 25.4 Å². The first kappa shape index (κ1) is 20.1. The molecule has 1 heterocycles. The van der Waals surface area contributed by atoms with Crippen molar-refractivity contribution in [2.75, 3.05) is 26.1 Å². The van der Waals surface area contributed by atoms with Crippen molar-refractivity contribution in [1.29, 1.82) is 0 Å². The number of pyridine rings is 1. The molecule has 0 bridgehead atoms. The third-order valence-electron chi connectivity index (χ3n) is 4.51. The smallest absolute Gasteiger partial charge is 0.244 e. The van der Waals surface area contributed by atoms with Crippen LogP contribution >= 0.6 is 0 Å². The van der Waals surface area contributed by atoms with Crippen molar-refractivity contribution in [2.24, 2.45) is 0 Å². The van der Waals surface area contributed by atoms with Gasteiger partial charge in [0.25, 0.3) is 0 Å². The summed E-state index contributed by atoms with van der Waals surface area (Å²) in [6, 6.07) is 14.7. The fourth-order valence-corrected chi connectivity index (χ4v) is 3.05. The number of hydrogen-bond acceptors (Lipinski definition) is 5. The molecule has 0 aliphatic rings. The highest BCUT2D eigenvalue weighted by atomic mass is 16.5. The van der Waals surface area contributed by atoms with Crippen molar-refractivity contribution in [1.82, 2.24) is 9.88 Å². The highest BCUT2D eigenvalue weighted by molar-refractivity contribution is 6.01. The van der Waals surface area contributed by atoms with E-state index in [2.05, 4.69) is 10.3 Å². The molecule has 2 aromatic carbocycles. The molecule has 0 saturated carbocycles. The summed E-state index contributed by atoms with van der Waals surface area (Å²) in [4.78, 5) is 30.5. The van der Waals surface area contributed by atoms with Crippen LogP contribution in [0.25, 0.3) is 10.9 Å². The number of benzene rings is 2. The van der Waals surface area contributed by atoms with E-state index in [-0.39, 0.29) is 24.9 Å². The second-order valence-electron chi connectivity index (χ2n) is 6.49. The van der Waals surface area contributed by atoms with Crippen LogP contribution in [0, 0.1) is 0 Å². The normalized spacial score (nSPS) is 10.4. The number of ether oxygens (including phenoxy) is 2.